The van der Waals surface area contributed by atoms with Crippen LogP contribution in [0.25, 0.3) is 11.4 Å². The molecule has 0 saturated heterocycles. The van der Waals surface area contributed by atoms with Gasteiger partial charge in [0.1, 0.15) is 5.82 Å². The van der Waals surface area contributed by atoms with Crippen molar-refractivity contribution in [3.63, 3.8) is 0 Å². The zero-order chi connectivity index (χ0) is 11.8. The summed E-state index contributed by atoms with van der Waals surface area (Å²) in [5.74, 6) is 0.313. The molecule has 5 heteroatoms. The molecular formula is C12H9ClN2O2. The first-order valence-corrected chi connectivity index (χ1v) is 5.64. The minimum Gasteiger partial charge on any atom is -0.461 e. The normalized spacial score (nSPS) is 14.3. The summed E-state index contributed by atoms with van der Waals surface area (Å²) in [6.45, 7) is 0.411. The van der Waals surface area contributed by atoms with Gasteiger partial charge in [-0.2, -0.15) is 0 Å². The predicted molar refractivity (Wildman–Crippen MR) is 63.0 cm³/mol. The van der Waals surface area contributed by atoms with Crippen molar-refractivity contribution in [3.05, 3.63) is 40.7 Å². The number of rotatable bonds is 1. The van der Waals surface area contributed by atoms with Gasteiger partial charge >= 0.3 is 5.97 Å². The van der Waals surface area contributed by atoms with Crippen LogP contribution in [0.1, 0.15) is 16.2 Å². The number of carbonyl (C=O) groups excluding carboxylic acids is 1. The second kappa shape index (κ2) is 3.89. The Morgan fingerprint density at radius 1 is 1.29 bits per heavy atom. The number of nitrogens with zero attached hydrogens (tertiary/aromatic N) is 1. The maximum atomic E-state index is 11.5. The van der Waals surface area contributed by atoms with Crippen LogP contribution in [0, 0.1) is 0 Å². The van der Waals surface area contributed by atoms with E-state index in [1.165, 1.54) is 0 Å². The number of cyclic esters (lactones) is 1. The highest BCUT2D eigenvalue weighted by Gasteiger charge is 2.23. The Morgan fingerprint density at radius 2 is 2.06 bits per heavy atom. The summed E-state index contributed by atoms with van der Waals surface area (Å²) in [6.07, 6.45) is 0.682. The molecule has 1 aliphatic heterocycles. The van der Waals surface area contributed by atoms with Crippen molar-refractivity contribution in [2.75, 3.05) is 6.61 Å². The van der Waals surface area contributed by atoms with Crippen LogP contribution in [0.5, 0.6) is 0 Å². The average molecular weight is 249 g/mol. The number of aromatic nitrogens is 2. The van der Waals surface area contributed by atoms with Gasteiger partial charge < -0.3 is 9.72 Å². The highest BCUT2D eigenvalue weighted by atomic mass is 35.5. The second-order valence-corrected chi connectivity index (χ2v) is 4.24. The molecule has 0 fully saturated rings. The van der Waals surface area contributed by atoms with Crippen LogP contribution < -0.4 is 0 Å². The van der Waals surface area contributed by atoms with Gasteiger partial charge in [0.25, 0.3) is 0 Å². The minimum absolute atomic E-state index is 0.359. The summed E-state index contributed by atoms with van der Waals surface area (Å²) < 4.78 is 4.93. The molecule has 0 saturated carbocycles. The van der Waals surface area contributed by atoms with E-state index in [2.05, 4.69) is 9.97 Å². The fourth-order valence-corrected chi connectivity index (χ4v) is 1.94. The minimum atomic E-state index is -0.359. The molecule has 86 valence electrons. The largest absolute Gasteiger partial charge is 0.461 e. The van der Waals surface area contributed by atoms with Gasteiger partial charge in [0.2, 0.25) is 0 Å². The van der Waals surface area contributed by atoms with Crippen molar-refractivity contribution >= 4 is 17.6 Å². The van der Waals surface area contributed by atoms with E-state index in [1.54, 1.807) is 12.1 Å². The van der Waals surface area contributed by atoms with Gasteiger partial charge in [0.15, 0.2) is 5.69 Å². The molecule has 0 atom stereocenters. The third kappa shape index (κ3) is 1.80. The molecule has 3 rings (SSSR count). The van der Waals surface area contributed by atoms with E-state index in [0.717, 1.165) is 11.3 Å². The van der Waals surface area contributed by atoms with Gasteiger partial charge in [0.05, 0.1) is 12.3 Å². The van der Waals surface area contributed by atoms with E-state index in [0.29, 0.717) is 29.6 Å². The smallest absolute Gasteiger partial charge is 0.358 e. The van der Waals surface area contributed by atoms with Crippen LogP contribution in [-0.2, 0) is 11.2 Å². The number of esters is 1. The van der Waals surface area contributed by atoms with Gasteiger partial charge in [-0.3, -0.25) is 0 Å². The number of carbonyl (C=O) groups is 1. The van der Waals surface area contributed by atoms with Gasteiger partial charge in [-0.25, -0.2) is 9.78 Å². The Labute approximate surface area is 103 Å². The van der Waals surface area contributed by atoms with Crippen LogP contribution >= 0.6 is 11.6 Å². The lowest BCUT2D eigenvalue weighted by Gasteiger charge is -2.08. The predicted octanol–water partition coefficient (Wildman–Crippen LogP) is 2.44. The first-order valence-electron chi connectivity index (χ1n) is 5.26. The molecule has 0 amide bonds. The number of hydrogen-bond donors (Lipinski definition) is 1. The number of nitrogens with one attached hydrogen (secondary N) is 1. The number of ether oxygens (including phenoxy) is 1. The SMILES string of the molecule is O=C1OCCc2[nH]c(-c3ccc(Cl)cc3)nc21. The van der Waals surface area contributed by atoms with Crippen molar-refractivity contribution < 1.29 is 9.53 Å². The number of H-pyrrole nitrogens is 1. The van der Waals surface area contributed by atoms with E-state index in [-0.39, 0.29) is 5.97 Å². The molecule has 0 spiro atoms. The number of aromatic amines is 1. The molecular weight excluding hydrogens is 240 g/mol. The number of halogens is 1. The Morgan fingerprint density at radius 3 is 2.76 bits per heavy atom. The summed E-state index contributed by atoms with van der Waals surface area (Å²) in [5.41, 5.74) is 2.13. The molecule has 2 heterocycles. The van der Waals surface area contributed by atoms with Crippen LogP contribution in [0.4, 0.5) is 0 Å². The summed E-state index contributed by atoms with van der Waals surface area (Å²) in [7, 11) is 0. The van der Waals surface area contributed by atoms with Crippen molar-refractivity contribution in [2.45, 2.75) is 6.42 Å². The number of benzene rings is 1. The molecule has 2 aromatic rings. The van der Waals surface area contributed by atoms with Gasteiger partial charge in [-0.1, -0.05) is 11.6 Å². The number of fused-ring (bicyclic) bond motifs is 1. The Kier molecular flexibility index (Phi) is 2.37. The standard InChI is InChI=1S/C12H9ClN2O2/c13-8-3-1-7(2-4-8)11-14-9-5-6-17-12(16)10(9)15-11/h1-4H,5-6H2,(H,14,15). The summed E-state index contributed by atoms with van der Waals surface area (Å²) >= 11 is 5.82. The molecule has 17 heavy (non-hydrogen) atoms. The zero-order valence-electron chi connectivity index (χ0n) is 8.87. The fourth-order valence-electron chi connectivity index (χ4n) is 1.82. The summed E-state index contributed by atoms with van der Waals surface area (Å²) in [4.78, 5) is 18.9. The van der Waals surface area contributed by atoms with Crippen molar-refractivity contribution in [2.24, 2.45) is 0 Å². The Bertz CT molecular complexity index is 575. The van der Waals surface area contributed by atoms with Crippen LogP contribution in [0.15, 0.2) is 24.3 Å². The van der Waals surface area contributed by atoms with Crippen LogP contribution in [0.2, 0.25) is 5.02 Å². The van der Waals surface area contributed by atoms with Gasteiger partial charge in [-0.05, 0) is 24.3 Å². The Balaban J connectivity index is 2.05. The summed E-state index contributed by atoms with van der Waals surface area (Å²) in [6, 6.07) is 7.29. The zero-order valence-corrected chi connectivity index (χ0v) is 9.62. The topological polar surface area (TPSA) is 55.0 Å². The third-order valence-electron chi connectivity index (χ3n) is 2.67. The molecule has 1 aromatic carbocycles. The first kappa shape index (κ1) is 10.4. The van der Waals surface area contributed by atoms with E-state index >= 15 is 0 Å². The molecule has 0 unspecified atom stereocenters. The molecule has 0 bridgehead atoms. The lowest BCUT2D eigenvalue weighted by molar-refractivity contribution is 0.0472. The van der Waals surface area contributed by atoms with Crippen LogP contribution in [0.3, 0.4) is 0 Å². The second-order valence-electron chi connectivity index (χ2n) is 3.81. The highest BCUT2D eigenvalue weighted by Crippen LogP contribution is 2.22. The lowest BCUT2D eigenvalue weighted by Crippen LogP contribution is -2.17. The fraction of sp³-hybridized carbons (Fsp3) is 0.167. The third-order valence-corrected chi connectivity index (χ3v) is 2.93. The quantitative estimate of drug-likeness (QED) is 0.789. The van der Waals surface area contributed by atoms with Gasteiger partial charge in [-0.15, -0.1) is 0 Å². The molecule has 4 nitrogen and oxygen atoms in total. The molecule has 0 aliphatic carbocycles. The maximum Gasteiger partial charge on any atom is 0.358 e. The Hall–Kier alpha value is -1.81. The number of hydrogen-bond acceptors (Lipinski definition) is 3. The van der Waals surface area contributed by atoms with Crippen molar-refractivity contribution in [1.82, 2.24) is 9.97 Å². The van der Waals surface area contributed by atoms with E-state index in [4.69, 9.17) is 16.3 Å². The van der Waals surface area contributed by atoms with Crippen LogP contribution in [-0.4, -0.2) is 22.5 Å². The molecule has 1 aromatic heterocycles. The molecule has 0 radical (unpaired) electrons. The van der Waals surface area contributed by atoms with E-state index in [1.807, 2.05) is 12.1 Å². The lowest BCUT2D eigenvalue weighted by atomic mass is 10.2. The van der Waals surface area contributed by atoms with Crippen molar-refractivity contribution in [3.8, 4) is 11.4 Å². The monoisotopic (exact) mass is 248 g/mol. The van der Waals surface area contributed by atoms with Gasteiger partial charge in [0, 0.05) is 17.0 Å². The highest BCUT2D eigenvalue weighted by molar-refractivity contribution is 6.30. The van der Waals surface area contributed by atoms with Crippen molar-refractivity contribution in [1.29, 1.82) is 0 Å². The molecule has 1 N–H and O–H groups in total. The van der Waals surface area contributed by atoms with E-state index < -0.39 is 0 Å². The average Bonchev–Trinajstić information content (AvgIpc) is 2.75. The summed E-state index contributed by atoms with van der Waals surface area (Å²) in [5, 5.41) is 0.671. The first-order chi connectivity index (χ1) is 8.24. The molecule has 1 aliphatic rings. The number of imidazole rings is 1. The van der Waals surface area contributed by atoms with E-state index in [9.17, 15) is 4.79 Å². The maximum absolute atomic E-state index is 11.5.